The standard InChI is InChI=1S/C25H27FN2O2.ClH/c26-21-11-8-19(9-12-21)18-30-24-13-10-20-5-1-2-6-22(20)23(24)17-27-14-4-16-28-15-3-7-25(28)29;/h1-2,5-6,8-13,27H,3-4,7,14-18H2;1H. The van der Waals surface area contributed by atoms with Crippen molar-refractivity contribution >= 4 is 29.1 Å². The zero-order valence-electron chi connectivity index (χ0n) is 17.5. The van der Waals surface area contributed by atoms with Crippen molar-refractivity contribution in [2.75, 3.05) is 19.6 Å². The molecule has 0 spiro atoms. The molecule has 3 aromatic carbocycles. The van der Waals surface area contributed by atoms with Crippen LogP contribution in [-0.4, -0.2) is 30.4 Å². The smallest absolute Gasteiger partial charge is 0.222 e. The lowest BCUT2D eigenvalue weighted by Crippen LogP contribution is -2.28. The monoisotopic (exact) mass is 442 g/mol. The van der Waals surface area contributed by atoms with Crippen LogP contribution >= 0.6 is 12.4 Å². The van der Waals surface area contributed by atoms with Gasteiger partial charge in [-0.2, -0.15) is 0 Å². The van der Waals surface area contributed by atoms with Crippen LogP contribution in [0.1, 0.15) is 30.4 Å². The van der Waals surface area contributed by atoms with E-state index in [2.05, 4.69) is 23.5 Å². The molecule has 3 aromatic rings. The highest BCUT2D eigenvalue weighted by Crippen LogP contribution is 2.29. The van der Waals surface area contributed by atoms with E-state index in [4.69, 9.17) is 4.74 Å². The Morgan fingerprint density at radius 1 is 1.03 bits per heavy atom. The molecule has 164 valence electrons. The number of carbonyl (C=O) groups is 1. The van der Waals surface area contributed by atoms with Gasteiger partial charge in [0.15, 0.2) is 0 Å². The van der Waals surface area contributed by atoms with Crippen molar-refractivity contribution < 1.29 is 13.9 Å². The Bertz CT molecular complexity index is 1010. The molecular weight excluding hydrogens is 415 g/mol. The van der Waals surface area contributed by atoms with E-state index >= 15 is 0 Å². The molecule has 0 atom stereocenters. The van der Waals surface area contributed by atoms with E-state index in [0.29, 0.717) is 19.6 Å². The summed E-state index contributed by atoms with van der Waals surface area (Å²) in [5.41, 5.74) is 2.05. The maximum absolute atomic E-state index is 13.1. The molecule has 0 aromatic heterocycles. The minimum Gasteiger partial charge on any atom is -0.489 e. The van der Waals surface area contributed by atoms with Crippen LogP contribution in [0.3, 0.4) is 0 Å². The molecule has 31 heavy (non-hydrogen) atoms. The normalized spacial score (nSPS) is 13.5. The molecule has 0 unspecified atom stereocenters. The van der Waals surface area contributed by atoms with E-state index < -0.39 is 0 Å². The molecule has 0 aliphatic carbocycles. The van der Waals surface area contributed by atoms with Gasteiger partial charge >= 0.3 is 0 Å². The Hall–Kier alpha value is -2.63. The van der Waals surface area contributed by atoms with Crippen molar-refractivity contribution in [1.82, 2.24) is 10.2 Å². The zero-order chi connectivity index (χ0) is 20.8. The summed E-state index contributed by atoms with van der Waals surface area (Å²) in [4.78, 5) is 13.7. The number of fused-ring (bicyclic) bond motifs is 1. The van der Waals surface area contributed by atoms with E-state index in [-0.39, 0.29) is 24.1 Å². The Morgan fingerprint density at radius 2 is 1.84 bits per heavy atom. The van der Waals surface area contributed by atoms with Gasteiger partial charge < -0.3 is 15.0 Å². The van der Waals surface area contributed by atoms with Gasteiger partial charge in [0.2, 0.25) is 5.91 Å². The first-order chi connectivity index (χ1) is 14.7. The van der Waals surface area contributed by atoms with E-state index in [0.717, 1.165) is 54.7 Å². The quantitative estimate of drug-likeness (QED) is 0.470. The molecule has 1 aliphatic rings. The third kappa shape index (κ3) is 5.96. The second kappa shape index (κ2) is 11.1. The number of likely N-dealkylation sites (tertiary alicyclic amines) is 1. The number of benzene rings is 3. The Kier molecular flexibility index (Phi) is 8.27. The summed E-state index contributed by atoms with van der Waals surface area (Å²) >= 11 is 0. The van der Waals surface area contributed by atoms with Crippen LogP contribution in [-0.2, 0) is 17.9 Å². The number of halogens is 2. The molecule has 1 saturated heterocycles. The number of ether oxygens (including phenoxy) is 1. The number of rotatable bonds is 9. The fourth-order valence-electron chi connectivity index (χ4n) is 3.92. The van der Waals surface area contributed by atoms with Crippen LogP contribution in [0.5, 0.6) is 5.75 Å². The van der Waals surface area contributed by atoms with Gasteiger partial charge in [0.1, 0.15) is 18.2 Å². The third-order valence-electron chi connectivity index (χ3n) is 5.56. The van der Waals surface area contributed by atoms with Crippen molar-refractivity contribution in [2.24, 2.45) is 0 Å². The number of hydrogen-bond acceptors (Lipinski definition) is 3. The SMILES string of the molecule is Cl.O=C1CCCN1CCCNCc1c(OCc2ccc(F)cc2)ccc2ccccc12. The number of nitrogens with zero attached hydrogens (tertiary/aromatic N) is 1. The first kappa shape index (κ1) is 23.0. The molecule has 1 fully saturated rings. The van der Waals surface area contributed by atoms with Crippen LogP contribution in [0, 0.1) is 5.82 Å². The zero-order valence-corrected chi connectivity index (χ0v) is 18.3. The summed E-state index contributed by atoms with van der Waals surface area (Å²) in [7, 11) is 0. The molecule has 0 saturated carbocycles. The summed E-state index contributed by atoms with van der Waals surface area (Å²) in [5, 5.41) is 5.85. The van der Waals surface area contributed by atoms with Gasteiger partial charge in [-0.3, -0.25) is 4.79 Å². The molecule has 1 amide bonds. The van der Waals surface area contributed by atoms with Crippen molar-refractivity contribution in [3.63, 3.8) is 0 Å². The summed E-state index contributed by atoms with van der Waals surface area (Å²) < 4.78 is 19.2. The summed E-state index contributed by atoms with van der Waals surface area (Å²) in [6, 6.07) is 18.7. The lowest BCUT2D eigenvalue weighted by molar-refractivity contribution is -0.127. The molecule has 0 radical (unpaired) electrons. The predicted molar refractivity (Wildman–Crippen MR) is 124 cm³/mol. The molecule has 0 bridgehead atoms. The lowest BCUT2D eigenvalue weighted by Gasteiger charge is -2.17. The molecule has 1 heterocycles. The van der Waals surface area contributed by atoms with Gasteiger partial charge in [0.25, 0.3) is 0 Å². The van der Waals surface area contributed by atoms with Crippen molar-refractivity contribution in [3.8, 4) is 5.75 Å². The van der Waals surface area contributed by atoms with Gasteiger partial charge in [0, 0.05) is 31.6 Å². The average Bonchev–Trinajstić information content (AvgIpc) is 3.18. The Morgan fingerprint density at radius 3 is 2.61 bits per heavy atom. The highest BCUT2D eigenvalue weighted by molar-refractivity contribution is 5.87. The van der Waals surface area contributed by atoms with Crippen LogP contribution in [0.15, 0.2) is 60.7 Å². The summed E-state index contributed by atoms with van der Waals surface area (Å²) in [6.07, 6.45) is 2.61. The number of carbonyl (C=O) groups excluding carboxylic acids is 1. The average molecular weight is 443 g/mol. The van der Waals surface area contributed by atoms with Gasteiger partial charge in [-0.25, -0.2) is 4.39 Å². The molecule has 4 nitrogen and oxygen atoms in total. The van der Waals surface area contributed by atoms with Crippen molar-refractivity contribution in [2.45, 2.75) is 32.4 Å². The third-order valence-corrected chi connectivity index (χ3v) is 5.56. The van der Waals surface area contributed by atoms with Crippen molar-refractivity contribution in [1.29, 1.82) is 0 Å². The van der Waals surface area contributed by atoms with Crippen LogP contribution < -0.4 is 10.1 Å². The highest BCUT2D eigenvalue weighted by Gasteiger charge is 2.19. The topological polar surface area (TPSA) is 41.6 Å². The minimum atomic E-state index is -0.245. The highest BCUT2D eigenvalue weighted by atomic mass is 35.5. The molecule has 1 aliphatic heterocycles. The molecule has 1 N–H and O–H groups in total. The fourth-order valence-corrected chi connectivity index (χ4v) is 3.92. The fraction of sp³-hybridized carbons (Fsp3) is 0.320. The van der Waals surface area contributed by atoms with Crippen LogP contribution in [0.25, 0.3) is 10.8 Å². The number of nitrogens with one attached hydrogen (secondary N) is 1. The minimum absolute atomic E-state index is 0. The molecule has 4 rings (SSSR count). The van der Waals surface area contributed by atoms with Crippen molar-refractivity contribution in [3.05, 3.63) is 77.6 Å². The second-order valence-electron chi connectivity index (χ2n) is 7.69. The first-order valence-corrected chi connectivity index (χ1v) is 10.6. The van der Waals surface area contributed by atoms with E-state index in [1.807, 2.05) is 23.1 Å². The number of hydrogen-bond donors (Lipinski definition) is 1. The molecule has 6 heteroatoms. The molecular formula is C25H28ClFN2O2. The van der Waals surface area contributed by atoms with Gasteiger partial charge in [-0.15, -0.1) is 12.4 Å². The van der Waals surface area contributed by atoms with Gasteiger partial charge in [0.05, 0.1) is 0 Å². The van der Waals surface area contributed by atoms with Crippen LogP contribution in [0.4, 0.5) is 4.39 Å². The van der Waals surface area contributed by atoms with E-state index in [1.54, 1.807) is 12.1 Å². The summed E-state index contributed by atoms with van der Waals surface area (Å²) in [5.74, 6) is 0.866. The maximum atomic E-state index is 13.1. The lowest BCUT2D eigenvalue weighted by atomic mass is 10.0. The number of amides is 1. The first-order valence-electron chi connectivity index (χ1n) is 10.6. The second-order valence-corrected chi connectivity index (χ2v) is 7.69. The predicted octanol–water partition coefficient (Wildman–Crippen LogP) is 5.08. The maximum Gasteiger partial charge on any atom is 0.222 e. The Balaban J connectivity index is 0.00000272. The largest absolute Gasteiger partial charge is 0.489 e. The van der Waals surface area contributed by atoms with Crippen LogP contribution in [0.2, 0.25) is 0 Å². The Labute approximate surface area is 188 Å². The van der Waals surface area contributed by atoms with Gasteiger partial charge in [-0.1, -0.05) is 42.5 Å². The van der Waals surface area contributed by atoms with E-state index in [9.17, 15) is 9.18 Å². The van der Waals surface area contributed by atoms with E-state index in [1.165, 1.54) is 17.5 Å². The van der Waals surface area contributed by atoms with Gasteiger partial charge in [-0.05, 0) is 53.9 Å². The summed E-state index contributed by atoms with van der Waals surface area (Å²) in [6.45, 7) is 3.62.